The number of aryl methyl sites for hydroxylation is 1. The van der Waals surface area contributed by atoms with Gasteiger partial charge in [-0.2, -0.15) is 9.65 Å². The quantitative estimate of drug-likeness (QED) is 0.506. The second kappa shape index (κ2) is 7.58. The van der Waals surface area contributed by atoms with Crippen LogP contribution in [0.2, 0.25) is 0 Å². The number of fused-ring (bicyclic) bond motifs is 2. The maximum absolute atomic E-state index is 12.9. The van der Waals surface area contributed by atoms with Crippen LogP contribution in [0, 0.1) is 24.2 Å². The van der Waals surface area contributed by atoms with Crippen LogP contribution in [0.5, 0.6) is 0 Å². The van der Waals surface area contributed by atoms with E-state index in [1.807, 2.05) is 37.3 Å². The summed E-state index contributed by atoms with van der Waals surface area (Å²) in [7, 11) is 0. The van der Waals surface area contributed by atoms with E-state index in [2.05, 4.69) is 16.0 Å². The van der Waals surface area contributed by atoms with Crippen LogP contribution >= 0.6 is 0 Å². The average Bonchev–Trinajstić information content (AvgIpc) is 2.67. The molecule has 2 aromatic heterocycles. The normalized spacial score (nSPS) is 10.1. The van der Waals surface area contributed by atoms with Gasteiger partial charge in [0, 0.05) is 22.5 Å². The first-order valence-electron chi connectivity index (χ1n) is 8.04. The Labute approximate surface area is 154 Å². The predicted octanol–water partition coefficient (Wildman–Crippen LogP) is 4.49. The highest BCUT2D eigenvalue weighted by Crippen LogP contribution is 2.18. The van der Waals surface area contributed by atoms with Crippen molar-refractivity contribution in [1.29, 1.82) is 5.26 Å². The zero-order valence-electron chi connectivity index (χ0n) is 14.3. The Morgan fingerprint density at radius 1 is 1.00 bits per heavy atom. The van der Waals surface area contributed by atoms with E-state index in [1.165, 1.54) is 6.07 Å². The van der Waals surface area contributed by atoms with E-state index in [4.69, 9.17) is 10.4 Å². The van der Waals surface area contributed by atoms with Crippen molar-refractivity contribution in [2.75, 3.05) is 0 Å². The largest absolute Gasteiger partial charge is 0.476 e. The Kier molecular flexibility index (Phi) is 5.04. The number of carboxylic acid groups (broad SMARTS) is 1. The molecular weight excluding hydrogens is 345 g/mol. The molecule has 0 atom stereocenters. The molecule has 0 saturated carbocycles. The van der Waals surface area contributed by atoms with Crippen LogP contribution in [-0.2, 0) is 0 Å². The fourth-order valence-corrected chi connectivity index (χ4v) is 2.75. The molecule has 2 heterocycles. The minimum absolute atomic E-state index is 0.249. The molecule has 1 N–H and O–H groups in total. The minimum Gasteiger partial charge on any atom is -0.476 e. The lowest BCUT2D eigenvalue weighted by molar-refractivity contribution is 0.0691. The third-order valence-electron chi connectivity index (χ3n) is 3.89. The molecule has 5 nitrogen and oxygen atoms in total. The second-order valence-corrected chi connectivity index (χ2v) is 5.77. The van der Waals surface area contributed by atoms with Crippen molar-refractivity contribution in [3.63, 3.8) is 0 Å². The van der Waals surface area contributed by atoms with Gasteiger partial charge in [0.15, 0.2) is 5.69 Å². The number of hydrogen-bond acceptors (Lipinski definition) is 4. The summed E-state index contributed by atoms with van der Waals surface area (Å²) in [6, 6.07) is 19.7. The molecule has 0 amide bonds. The first-order valence-corrected chi connectivity index (χ1v) is 8.04. The Morgan fingerprint density at radius 2 is 1.59 bits per heavy atom. The standard InChI is InChI=1S/C11H8N2.C10H6FNO2/c1-8-6-9-4-2-3-5-10(9)11(7-12)13-8;11-8-5-6-3-1-2-4-7(6)9(12-8)10(13)14/h2-6H,1H3;1-5H,(H,13,14). The zero-order valence-corrected chi connectivity index (χ0v) is 14.3. The van der Waals surface area contributed by atoms with Gasteiger partial charge in [0.25, 0.3) is 0 Å². The monoisotopic (exact) mass is 359 g/mol. The van der Waals surface area contributed by atoms with Crippen molar-refractivity contribution >= 4 is 27.5 Å². The Balaban J connectivity index is 0.000000156. The molecule has 0 radical (unpaired) electrons. The molecule has 0 unspecified atom stereocenters. The maximum atomic E-state index is 12.9. The summed E-state index contributed by atoms with van der Waals surface area (Å²) in [4.78, 5) is 18.2. The van der Waals surface area contributed by atoms with E-state index in [0.29, 0.717) is 16.5 Å². The van der Waals surface area contributed by atoms with Gasteiger partial charge in [0.05, 0.1) is 0 Å². The molecule has 0 aliphatic carbocycles. The van der Waals surface area contributed by atoms with E-state index in [9.17, 15) is 9.18 Å². The fraction of sp³-hybridized carbons (Fsp3) is 0.0476. The van der Waals surface area contributed by atoms with Crippen LogP contribution in [-0.4, -0.2) is 21.0 Å². The number of rotatable bonds is 1. The number of pyridine rings is 2. The lowest BCUT2D eigenvalue weighted by Gasteiger charge is -2.00. The number of carbonyl (C=O) groups is 1. The Bertz CT molecular complexity index is 1200. The van der Waals surface area contributed by atoms with Crippen LogP contribution in [0.1, 0.15) is 21.9 Å². The van der Waals surface area contributed by atoms with Gasteiger partial charge in [0.2, 0.25) is 5.95 Å². The van der Waals surface area contributed by atoms with Crippen molar-refractivity contribution in [3.05, 3.63) is 83.7 Å². The molecule has 0 spiro atoms. The molecule has 0 fully saturated rings. The minimum atomic E-state index is -1.22. The van der Waals surface area contributed by atoms with E-state index in [1.54, 1.807) is 24.3 Å². The molecule has 4 rings (SSSR count). The van der Waals surface area contributed by atoms with Gasteiger partial charge in [-0.15, -0.1) is 0 Å². The van der Waals surface area contributed by atoms with Crippen molar-refractivity contribution < 1.29 is 14.3 Å². The molecule has 0 aliphatic heterocycles. The summed E-state index contributed by atoms with van der Waals surface area (Å²) in [5, 5.41) is 20.6. The Morgan fingerprint density at radius 3 is 2.22 bits per heavy atom. The predicted molar refractivity (Wildman–Crippen MR) is 99.9 cm³/mol. The highest BCUT2D eigenvalue weighted by atomic mass is 19.1. The van der Waals surface area contributed by atoms with Gasteiger partial charge >= 0.3 is 5.97 Å². The van der Waals surface area contributed by atoms with E-state index in [-0.39, 0.29) is 5.69 Å². The van der Waals surface area contributed by atoms with Gasteiger partial charge in [-0.25, -0.2) is 14.8 Å². The van der Waals surface area contributed by atoms with Gasteiger partial charge in [-0.1, -0.05) is 48.5 Å². The molecule has 2 aromatic carbocycles. The number of halogens is 1. The average molecular weight is 359 g/mol. The zero-order chi connectivity index (χ0) is 19.4. The highest BCUT2D eigenvalue weighted by Gasteiger charge is 2.11. The second-order valence-electron chi connectivity index (χ2n) is 5.77. The number of nitrogens with zero attached hydrogens (tertiary/aromatic N) is 3. The lowest BCUT2D eigenvalue weighted by atomic mass is 10.1. The molecule has 0 aliphatic rings. The fourth-order valence-electron chi connectivity index (χ4n) is 2.75. The van der Waals surface area contributed by atoms with Crippen molar-refractivity contribution in [2.45, 2.75) is 6.92 Å². The number of benzene rings is 2. The van der Waals surface area contributed by atoms with E-state index >= 15 is 0 Å². The smallest absolute Gasteiger partial charge is 0.355 e. The molecule has 132 valence electrons. The molecule has 27 heavy (non-hydrogen) atoms. The van der Waals surface area contributed by atoms with E-state index in [0.717, 1.165) is 16.5 Å². The first kappa shape index (κ1) is 18.0. The van der Waals surface area contributed by atoms with Crippen LogP contribution in [0.25, 0.3) is 21.5 Å². The third-order valence-corrected chi connectivity index (χ3v) is 3.89. The SMILES string of the molecule is Cc1cc2ccccc2c(C#N)n1.O=C(O)c1nc(F)cc2ccccc12. The van der Waals surface area contributed by atoms with Crippen LogP contribution in [0.3, 0.4) is 0 Å². The molecule has 0 saturated heterocycles. The van der Waals surface area contributed by atoms with Gasteiger partial charge in [-0.05, 0) is 23.8 Å². The molecular formula is C21H14FN3O2. The van der Waals surface area contributed by atoms with Crippen molar-refractivity contribution in [1.82, 2.24) is 9.97 Å². The topological polar surface area (TPSA) is 86.9 Å². The van der Waals surface area contributed by atoms with Gasteiger partial charge in [-0.3, -0.25) is 0 Å². The summed E-state index contributed by atoms with van der Waals surface area (Å²) in [6.07, 6.45) is 0. The van der Waals surface area contributed by atoms with E-state index < -0.39 is 11.9 Å². The van der Waals surface area contributed by atoms with Gasteiger partial charge in [0.1, 0.15) is 11.8 Å². The molecule has 0 bridgehead atoms. The lowest BCUT2D eigenvalue weighted by Crippen LogP contribution is -2.02. The number of aromatic nitrogens is 2. The van der Waals surface area contributed by atoms with Crippen LogP contribution in [0.15, 0.2) is 60.7 Å². The summed E-state index contributed by atoms with van der Waals surface area (Å²) in [5.74, 6) is -2.00. The van der Waals surface area contributed by atoms with Crippen molar-refractivity contribution in [3.8, 4) is 6.07 Å². The summed E-state index contributed by atoms with van der Waals surface area (Å²) in [6.45, 7) is 1.90. The van der Waals surface area contributed by atoms with Crippen LogP contribution in [0.4, 0.5) is 4.39 Å². The van der Waals surface area contributed by atoms with Gasteiger partial charge < -0.3 is 5.11 Å². The maximum Gasteiger partial charge on any atom is 0.355 e. The third kappa shape index (κ3) is 3.88. The molecule has 6 heteroatoms. The highest BCUT2D eigenvalue weighted by molar-refractivity contribution is 6.01. The number of nitriles is 1. The van der Waals surface area contributed by atoms with Crippen molar-refractivity contribution in [2.24, 2.45) is 0 Å². The summed E-state index contributed by atoms with van der Waals surface area (Å²) in [5.41, 5.74) is 1.14. The summed E-state index contributed by atoms with van der Waals surface area (Å²) < 4.78 is 12.9. The first-order chi connectivity index (χ1) is 13.0. The number of aromatic carboxylic acids is 1. The number of carboxylic acids is 1. The number of hydrogen-bond donors (Lipinski definition) is 1. The molecule has 4 aromatic rings. The van der Waals surface area contributed by atoms with Crippen LogP contribution < -0.4 is 0 Å². The Hall–Kier alpha value is -3.85. The summed E-state index contributed by atoms with van der Waals surface area (Å²) >= 11 is 0.